The van der Waals surface area contributed by atoms with Crippen molar-refractivity contribution in [3.05, 3.63) is 65.7 Å². The molecule has 1 amide bonds. The van der Waals surface area contributed by atoms with Crippen LogP contribution < -0.4 is 10.6 Å². The number of carbonyl (C=O) groups excluding carboxylic acids is 1. The summed E-state index contributed by atoms with van der Waals surface area (Å²) in [4.78, 5) is 13.9. The van der Waals surface area contributed by atoms with Crippen LogP contribution in [0.15, 0.2) is 48.5 Å². The summed E-state index contributed by atoms with van der Waals surface area (Å²) in [5.41, 5.74) is 5.82. The minimum atomic E-state index is -1.13. The van der Waals surface area contributed by atoms with Crippen LogP contribution in [0, 0.1) is 11.6 Å². The number of halogens is 2. The Labute approximate surface area is 122 Å². The minimum absolute atomic E-state index is 0.282. The van der Waals surface area contributed by atoms with Gasteiger partial charge in [-0.2, -0.15) is 0 Å². The zero-order valence-electron chi connectivity index (χ0n) is 11.4. The molecule has 2 aromatic carbocycles. The molecule has 2 N–H and O–H groups in total. The summed E-state index contributed by atoms with van der Waals surface area (Å²) < 4.78 is 27.1. The molecular weight excluding hydrogens is 274 g/mol. The van der Waals surface area contributed by atoms with Crippen LogP contribution >= 0.6 is 0 Å². The van der Waals surface area contributed by atoms with E-state index in [4.69, 9.17) is 5.73 Å². The fourth-order valence-corrected chi connectivity index (χ4v) is 2.02. The number of nitrogens with zero attached hydrogens (tertiary/aromatic N) is 1. The molecule has 3 nitrogen and oxygen atoms in total. The minimum Gasteiger partial charge on any atom is -0.330 e. The lowest BCUT2D eigenvalue weighted by atomic mass is 10.1. The van der Waals surface area contributed by atoms with Crippen molar-refractivity contribution >= 4 is 11.6 Å². The number of benzene rings is 2. The largest absolute Gasteiger partial charge is 0.330 e. The van der Waals surface area contributed by atoms with E-state index < -0.39 is 17.5 Å². The Morgan fingerprint density at radius 1 is 1.05 bits per heavy atom. The van der Waals surface area contributed by atoms with E-state index in [1.165, 1.54) is 17.0 Å². The van der Waals surface area contributed by atoms with E-state index in [9.17, 15) is 13.6 Å². The Morgan fingerprint density at radius 2 is 1.76 bits per heavy atom. The van der Waals surface area contributed by atoms with Crippen LogP contribution in [0.3, 0.4) is 0 Å². The summed E-state index contributed by atoms with van der Waals surface area (Å²) in [6, 6.07) is 12.4. The van der Waals surface area contributed by atoms with Crippen molar-refractivity contribution in [2.45, 2.75) is 6.42 Å². The first-order valence-electron chi connectivity index (χ1n) is 6.66. The van der Waals surface area contributed by atoms with Gasteiger partial charge >= 0.3 is 0 Å². The molecule has 5 heteroatoms. The van der Waals surface area contributed by atoms with E-state index in [2.05, 4.69) is 0 Å². The number of amides is 1. The summed E-state index contributed by atoms with van der Waals surface area (Å²) >= 11 is 0. The zero-order chi connectivity index (χ0) is 15.2. The Morgan fingerprint density at radius 3 is 2.43 bits per heavy atom. The number of anilines is 1. The van der Waals surface area contributed by atoms with Gasteiger partial charge in [-0.15, -0.1) is 0 Å². The topological polar surface area (TPSA) is 46.3 Å². The van der Waals surface area contributed by atoms with Gasteiger partial charge in [-0.05, 0) is 37.2 Å². The third-order valence-corrected chi connectivity index (χ3v) is 3.08. The fourth-order valence-electron chi connectivity index (χ4n) is 2.02. The molecule has 2 aromatic rings. The van der Waals surface area contributed by atoms with Crippen molar-refractivity contribution in [1.82, 2.24) is 0 Å². The van der Waals surface area contributed by atoms with Crippen LogP contribution in [0.4, 0.5) is 14.5 Å². The highest BCUT2D eigenvalue weighted by Crippen LogP contribution is 2.20. The maximum Gasteiger partial charge on any atom is 0.261 e. The Kier molecular flexibility index (Phi) is 5.00. The number of para-hydroxylation sites is 1. The molecule has 0 saturated heterocycles. The van der Waals surface area contributed by atoms with Crippen molar-refractivity contribution < 1.29 is 13.6 Å². The van der Waals surface area contributed by atoms with Gasteiger partial charge in [0.05, 0.1) is 5.56 Å². The predicted octanol–water partition coefficient (Wildman–Crippen LogP) is 2.96. The Balaban J connectivity index is 2.36. The van der Waals surface area contributed by atoms with Crippen LogP contribution in [0.2, 0.25) is 0 Å². The third kappa shape index (κ3) is 3.44. The highest BCUT2D eigenvalue weighted by atomic mass is 19.2. The molecule has 0 radical (unpaired) electrons. The zero-order valence-corrected chi connectivity index (χ0v) is 11.4. The lowest BCUT2D eigenvalue weighted by Gasteiger charge is -2.23. The normalized spacial score (nSPS) is 10.4. The van der Waals surface area contributed by atoms with E-state index in [1.54, 1.807) is 24.3 Å². The van der Waals surface area contributed by atoms with E-state index in [0.717, 1.165) is 6.07 Å². The summed E-state index contributed by atoms with van der Waals surface area (Å²) in [5, 5.41) is 0. The van der Waals surface area contributed by atoms with E-state index in [0.29, 0.717) is 25.2 Å². The second-order valence-corrected chi connectivity index (χ2v) is 4.54. The van der Waals surface area contributed by atoms with Gasteiger partial charge in [0, 0.05) is 12.2 Å². The molecule has 0 aromatic heterocycles. The number of hydrogen-bond donors (Lipinski definition) is 1. The molecule has 0 atom stereocenters. The number of nitrogens with two attached hydrogens (primary N) is 1. The van der Waals surface area contributed by atoms with Gasteiger partial charge < -0.3 is 10.6 Å². The van der Waals surface area contributed by atoms with Crippen LogP contribution in [-0.4, -0.2) is 19.0 Å². The molecule has 0 bridgehead atoms. The molecule has 0 spiro atoms. The number of rotatable bonds is 5. The maximum absolute atomic E-state index is 13.8. The van der Waals surface area contributed by atoms with Gasteiger partial charge in [0.1, 0.15) is 0 Å². The molecule has 21 heavy (non-hydrogen) atoms. The van der Waals surface area contributed by atoms with Gasteiger partial charge in [-0.3, -0.25) is 4.79 Å². The summed E-state index contributed by atoms with van der Waals surface area (Å²) in [5.74, 6) is -2.74. The second kappa shape index (κ2) is 6.95. The predicted molar refractivity (Wildman–Crippen MR) is 78.1 cm³/mol. The fraction of sp³-hybridized carbons (Fsp3) is 0.188. The molecule has 0 heterocycles. The van der Waals surface area contributed by atoms with Crippen molar-refractivity contribution in [2.75, 3.05) is 18.0 Å². The van der Waals surface area contributed by atoms with Gasteiger partial charge in [0.25, 0.3) is 5.91 Å². The van der Waals surface area contributed by atoms with E-state index in [-0.39, 0.29) is 5.56 Å². The quantitative estimate of drug-likeness (QED) is 0.920. The molecule has 0 fully saturated rings. The first kappa shape index (κ1) is 15.1. The number of hydrogen-bond acceptors (Lipinski definition) is 2. The summed E-state index contributed by atoms with van der Waals surface area (Å²) in [6.07, 6.45) is 0.567. The van der Waals surface area contributed by atoms with Crippen LogP contribution in [0.5, 0.6) is 0 Å². The lowest BCUT2D eigenvalue weighted by Crippen LogP contribution is -2.33. The van der Waals surface area contributed by atoms with E-state index in [1.807, 2.05) is 6.07 Å². The first-order valence-corrected chi connectivity index (χ1v) is 6.66. The maximum atomic E-state index is 13.8. The van der Waals surface area contributed by atoms with Gasteiger partial charge in [-0.25, -0.2) is 8.78 Å². The van der Waals surface area contributed by atoms with Crippen molar-refractivity contribution in [3.8, 4) is 0 Å². The third-order valence-electron chi connectivity index (χ3n) is 3.08. The second-order valence-electron chi connectivity index (χ2n) is 4.54. The molecule has 110 valence electrons. The lowest BCUT2D eigenvalue weighted by molar-refractivity contribution is 0.0982. The van der Waals surface area contributed by atoms with Crippen LogP contribution in [0.25, 0.3) is 0 Å². The molecule has 0 aliphatic heterocycles. The molecule has 0 saturated carbocycles. The van der Waals surface area contributed by atoms with Crippen LogP contribution in [-0.2, 0) is 0 Å². The summed E-state index contributed by atoms with van der Waals surface area (Å²) in [6.45, 7) is 0.748. The number of carbonyl (C=O) groups is 1. The molecule has 0 unspecified atom stereocenters. The van der Waals surface area contributed by atoms with Crippen molar-refractivity contribution in [1.29, 1.82) is 0 Å². The average Bonchev–Trinajstić information content (AvgIpc) is 2.51. The molecule has 0 aliphatic carbocycles. The molecular formula is C16H16F2N2O. The Hall–Kier alpha value is -2.27. The van der Waals surface area contributed by atoms with Crippen LogP contribution in [0.1, 0.15) is 16.8 Å². The van der Waals surface area contributed by atoms with Gasteiger partial charge in [-0.1, -0.05) is 24.3 Å². The van der Waals surface area contributed by atoms with Gasteiger partial charge in [0.2, 0.25) is 0 Å². The Bertz CT molecular complexity index is 617. The first-order chi connectivity index (χ1) is 10.1. The van der Waals surface area contributed by atoms with Gasteiger partial charge in [0.15, 0.2) is 11.6 Å². The average molecular weight is 290 g/mol. The van der Waals surface area contributed by atoms with Crippen molar-refractivity contribution in [3.63, 3.8) is 0 Å². The molecule has 2 rings (SSSR count). The van der Waals surface area contributed by atoms with E-state index >= 15 is 0 Å². The summed E-state index contributed by atoms with van der Waals surface area (Å²) in [7, 11) is 0. The van der Waals surface area contributed by atoms with Crippen molar-refractivity contribution in [2.24, 2.45) is 5.73 Å². The SMILES string of the molecule is NCCCN(C(=O)c1cccc(F)c1F)c1ccccc1. The smallest absolute Gasteiger partial charge is 0.261 e. The molecule has 0 aliphatic rings. The standard InChI is InChI=1S/C16H16F2N2O/c17-14-9-4-8-13(15(14)18)16(21)20(11-5-10-19)12-6-2-1-3-7-12/h1-4,6-9H,5,10-11,19H2. The highest BCUT2D eigenvalue weighted by molar-refractivity contribution is 6.06. The monoisotopic (exact) mass is 290 g/mol. The highest BCUT2D eigenvalue weighted by Gasteiger charge is 2.22.